The number of nitrogens with zero attached hydrogens (tertiary/aromatic N) is 3. The molecular weight excluding hydrogens is 181 g/mol. The molecule has 0 saturated carbocycles. The Morgan fingerprint density at radius 1 is 1.50 bits per heavy atom. The van der Waals surface area contributed by atoms with Gasteiger partial charge in [0, 0.05) is 31.4 Å². The van der Waals surface area contributed by atoms with Crippen molar-refractivity contribution >= 4 is 5.82 Å². The molecule has 3 nitrogen and oxygen atoms in total. The van der Waals surface area contributed by atoms with Crippen molar-refractivity contribution in [2.24, 2.45) is 5.92 Å². The minimum absolute atomic E-state index is 0.177. The molecule has 0 radical (unpaired) electrons. The summed E-state index contributed by atoms with van der Waals surface area (Å²) in [5.41, 5.74) is 0.923. The van der Waals surface area contributed by atoms with E-state index in [1.165, 1.54) is 0 Å². The number of hydrogen-bond donors (Lipinski definition) is 0. The molecule has 0 bridgehead atoms. The zero-order valence-corrected chi connectivity index (χ0v) is 8.28. The summed E-state index contributed by atoms with van der Waals surface area (Å²) in [6, 6.07) is 0. The number of halogens is 1. The molecule has 1 aliphatic heterocycles. The van der Waals surface area contributed by atoms with Crippen LogP contribution >= 0.6 is 0 Å². The Balaban J connectivity index is 2.13. The van der Waals surface area contributed by atoms with Crippen molar-refractivity contribution in [1.82, 2.24) is 9.97 Å². The van der Waals surface area contributed by atoms with Crippen LogP contribution in [0.5, 0.6) is 0 Å². The van der Waals surface area contributed by atoms with Gasteiger partial charge in [0.15, 0.2) is 0 Å². The van der Waals surface area contributed by atoms with Crippen molar-refractivity contribution in [3.63, 3.8) is 0 Å². The van der Waals surface area contributed by atoms with Crippen LogP contribution in [0.4, 0.5) is 10.2 Å². The van der Waals surface area contributed by atoms with Crippen LogP contribution in [0.3, 0.4) is 0 Å². The number of rotatable bonds is 2. The second-order valence-corrected chi connectivity index (χ2v) is 3.72. The molecule has 1 aromatic heterocycles. The Hall–Kier alpha value is -1.19. The number of aryl methyl sites for hydroxylation is 1. The summed E-state index contributed by atoms with van der Waals surface area (Å²) in [4.78, 5) is 10.6. The summed E-state index contributed by atoms with van der Waals surface area (Å²) >= 11 is 0. The summed E-state index contributed by atoms with van der Waals surface area (Å²) in [6.45, 7) is 3.38. The van der Waals surface area contributed by atoms with Crippen LogP contribution in [-0.2, 0) is 0 Å². The molecule has 76 valence electrons. The van der Waals surface area contributed by atoms with Crippen LogP contribution in [0, 0.1) is 12.8 Å². The van der Waals surface area contributed by atoms with Crippen LogP contribution in [0.25, 0.3) is 0 Å². The predicted octanol–water partition coefficient (Wildman–Crippen LogP) is 1.58. The van der Waals surface area contributed by atoms with E-state index in [1.807, 2.05) is 6.92 Å². The molecule has 1 fully saturated rings. The number of aromatic nitrogens is 2. The smallest absolute Gasteiger partial charge is 0.150 e. The number of anilines is 1. The lowest BCUT2D eigenvalue weighted by molar-refractivity contribution is 0.384. The van der Waals surface area contributed by atoms with Crippen molar-refractivity contribution in [1.29, 1.82) is 0 Å². The topological polar surface area (TPSA) is 29.0 Å². The van der Waals surface area contributed by atoms with E-state index in [-0.39, 0.29) is 12.6 Å². The fourth-order valence-corrected chi connectivity index (χ4v) is 1.86. The third kappa shape index (κ3) is 1.69. The van der Waals surface area contributed by atoms with Gasteiger partial charge < -0.3 is 4.90 Å². The lowest BCUT2D eigenvalue weighted by Crippen LogP contribution is -2.22. The average molecular weight is 195 g/mol. The standard InChI is InChI=1S/C10H14FN3/c1-8-10(13-4-3-12-8)14-5-2-9(6-11)7-14/h3-4,9H,2,5-7H2,1H3. The van der Waals surface area contributed by atoms with Crippen LogP contribution in [-0.4, -0.2) is 29.7 Å². The highest BCUT2D eigenvalue weighted by molar-refractivity contribution is 5.43. The van der Waals surface area contributed by atoms with Crippen molar-refractivity contribution in [2.45, 2.75) is 13.3 Å². The maximum atomic E-state index is 12.4. The Kier molecular flexibility index (Phi) is 2.61. The van der Waals surface area contributed by atoms with Gasteiger partial charge in [0.05, 0.1) is 12.4 Å². The van der Waals surface area contributed by atoms with Crippen molar-refractivity contribution in [3.05, 3.63) is 18.1 Å². The summed E-state index contributed by atoms with van der Waals surface area (Å²) in [6.07, 6.45) is 4.29. The highest BCUT2D eigenvalue weighted by atomic mass is 19.1. The van der Waals surface area contributed by atoms with E-state index in [2.05, 4.69) is 14.9 Å². The summed E-state index contributed by atoms with van der Waals surface area (Å²) in [5, 5.41) is 0. The van der Waals surface area contributed by atoms with E-state index in [0.29, 0.717) is 0 Å². The van der Waals surface area contributed by atoms with E-state index < -0.39 is 0 Å². The average Bonchev–Trinajstić information content (AvgIpc) is 2.67. The van der Waals surface area contributed by atoms with Crippen LogP contribution < -0.4 is 4.90 Å². The molecule has 1 aliphatic rings. The van der Waals surface area contributed by atoms with E-state index in [4.69, 9.17) is 0 Å². The lowest BCUT2D eigenvalue weighted by Gasteiger charge is -2.17. The van der Waals surface area contributed by atoms with Gasteiger partial charge >= 0.3 is 0 Å². The van der Waals surface area contributed by atoms with Crippen molar-refractivity contribution in [3.8, 4) is 0 Å². The zero-order valence-electron chi connectivity index (χ0n) is 8.28. The van der Waals surface area contributed by atoms with E-state index in [0.717, 1.165) is 31.0 Å². The highest BCUT2D eigenvalue weighted by Crippen LogP contribution is 2.23. The Bertz CT molecular complexity index is 316. The molecule has 0 aromatic carbocycles. The van der Waals surface area contributed by atoms with E-state index >= 15 is 0 Å². The molecule has 2 heterocycles. The summed E-state index contributed by atoms with van der Waals surface area (Å²) < 4.78 is 12.4. The first-order valence-corrected chi connectivity index (χ1v) is 4.90. The molecule has 0 amide bonds. The molecule has 1 saturated heterocycles. The zero-order chi connectivity index (χ0) is 9.97. The molecule has 2 rings (SSSR count). The third-order valence-corrected chi connectivity index (χ3v) is 2.66. The molecule has 1 atom stereocenters. The molecular formula is C10H14FN3. The fraction of sp³-hybridized carbons (Fsp3) is 0.600. The lowest BCUT2D eigenvalue weighted by atomic mass is 10.1. The summed E-state index contributed by atoms with van der Waals surface area (Å²) in [5.74, 6) is 1.08. The monoisotopic (exact) mass is 195 g/mol. The normalized spacial score (nSPS) is 21.6. The largest absolute Gasteiger partial charge is 0.355 e. The van der Waals surface area contributed by atoms with Gasteiger partial charge in [0.2, 0.25) is 0 Å². The highest BCUT2D eigenvalue weighted by Gasteiger charge is 2.24. The molecule has 1 unspecified atom stereocenters. The van der Waals surface area contributed by atoms with Crippen LogP contribution in [0.15, 0.2) is 12.4 Å². The molecule has 0 aliphatic carbocycles. The minimum Gasteiger partial charge on any atom is -0.355 e. The Labute approximate surface area is 83.0 Å². The summed E-state index contributed by atoms with van der Waals surface area (Å²) in [7, 11) is 0. The van der Waals surface area contributed by atoms with Gasteiger partial charge in [-0.2, -0.15) is 0 Å². The van der Waals surface area contributed by atoms with Gasteiger partial charge in [0.1, 0.15) is 5.82 Å². The first kappa shape index (κ1) is 9.37. The van der Waals surface area contributed by atoms with Gasteiger partial charge in [-0.05, 0) is 13.3 Å². The molecule has 1 aromatic rings. The SMILES string of the molecule is Cc1nccnc1N1CCC(CF)C1. The Morgan fingerprint density at radius 3 is 2.93 bits per heavy atom. The van der Waals surface area contributed by atoms with E-state index in [1.54, 1.807) is 12.4 Å². The first-order chi connectivity index (χ1) is 6.81. The van der Waals surface area contributed by atoms with Gasteiger partial charge in [-0.3, -0.25) is 9.37 Å². The minimum atomic E-state index is -0.226. The second-order valence-electron chi connectivity index (χ2n) is 3.72. The Morgan fingerprint density at radius 2 is 2.29 bits per heavy atom. The quantitative estimate of drug-likeness (QED) is 0.717. The van der Waals surface area contributed by atoms with Crippen LogP contribution in [0.2, 0.25) is 0 Å². The maximum Gasteiger partial charge on any atom is 0.150 e. The maximum absolute atomic E-state index is 12.4. The third-order valence-electron chi connectivity index (χ3n) is 2.66. The predicted molar refractivity (Wildman–Crippen MR) is 53.1 cm³/mol. The fourth-order valence-electron chi connectivity index (χ4n) is 1.86. The molecule has 0 spiro atoms. The second kappa shape index (κ2) is 3.90. The van der Waals surface area contributed by atoms with Gasteiger partial charge in [-0.25, -0.2) is 4.98 Å². The molecule has 14 heavy (non-hydrogen) atoms. The number of alkyl halides is 1. The van der Waals surface area contributed by atoms with Gasteiger partial charge in [-0.15, -0.1) is 0 Å². The van der Waals surface area contributed by atoms with E-state index in [9.17, 15) is 4.39 Å². The number of hydrogen-bond acceptors (Lipinski definition) is 3. The van der Waals surface area contributed by atoms with Crippen molar-refractivity contribution < 1.29 is 4.39 Å². The first-order valence-electron chi connectivity index (χ1n) is 4.90. The molecule has 4 heteroatoms. The van der Waals surface area contributed by atoms with Gasteiger partial charge in [-0.1, -0.05) is 0 Å². The van der Waals surface area contributed by atoms with Crippen LogP contribution in [0.1, 0.15) is 12.1 Å². The molecule has 0 N–H and O–H groups in total. The van der Waals surface area contributed by atoms with Crippen molar-refractivity contribution in [2.75, 3.05) is 24.7 Å². The van der Waals surface area contributed by atoms with Gasteiger partial charge in [0.25, 0.3) is 0 Å².